The molecule has 0 spiro atoms. The fraction of sp³-hybridized carbons (Fsp3) is 0.0952. The molecule has 1 N–H and O–H groups in total. The number of aryl methyl sites for hydroxylation is 1. The summed E-state index contributed by atoms with van der Waals surface area (Å²) in [7, 11) is 1.37. The molecule has 2 heterocycles. The van der Waals surface area contributed by atoms with Crippen LogP contribution in [0.2, 0.25) is 0 Å². The van der Waals surface area contributed by atoms with E-state index >= 15 is 0 Å². The van der Waals surface area contributed by atoms with Crippen molar-refractivity contribution in [2.24, 2.45) is 0 Å². The normalized spacial score (nSPS) is 10.8. The van der Waals surface area contributed by atoms with Gasteiger partial charge in [-0.2, -0.15) is 5.10 Å². The number of halogens is 1. The summed E-state index contributed by atoms with van der Waals surface area (Å²) < 4.78 is 19.8. The van der Waals surface area contributed by atoms with Gasteiger partial charge in [-0.15, -0.1) is 0 Å². The van der Waals surface area contributed by atoms with E-state index in [-0.39, 0.29) is 28.6 Å². The highest BCUT2D eigenvalue weighted by Crippen LogP contribution is 2.26. The number of nitro benzene ring substituents is 1. The first kappa shape index (κ1) is 20.0. The lowest BCUT2D eigenvalue weighted by Crippen LogP contribution is -2.13. The Kier molecular flexibility index (Phi) is 5.04. The molecule has 0 atom stereocenters. The van der Waals surface area contributed by atoms with Crippen molar-refractivity contribution < 1.29 is 18.8 Å². The fourth-order valence-corrected chi connectivity index (χ4v) is 3.08. The Morgan fingerprint density at radius 2 is 1.90 bits per heavy atom. The Bertz CT molecular complexity index is 1320. The molecule has 4 rings (SSSR count). The average Bonchev–Trinajstić information content (AvgIpc) is 3.19. The fourth-order valence-electron chi connectivity index (χ4n) is 3.08. The lowest BCUT2D eigenvalue weighted by molar-refractivity contribution is -0.384. The molecule has 156 valence electrons. The molecule has 0 aliphatic heterocycles. The summed E-state index contributed by atoms with van der Waals surface area (Å²) in [5, 5.41) is 18.0. The molecule has 4 aromatic rings. The largest absolute Gasteiger partial charge is 0.496 e. The molecule has 1 amide bonds. The van der Waals surface area contributed by atoms with Gasteiger partial charge in [-0.3, -0.25) is 14.9 Å². The maximum Gasteiger partial charge on any atom is 0.276 e. The lowest BCUT2D eigenvalue weighted by Gasteiger charge is -2.06. The summed E-state index contributed by atoms with van der Waals surface area (Å²) in [4.78, 5) is 27.7. The molecule has 0 aliphatic carbocycles. The average molecular weight is 421 g/mol. The molecule has 0 saturated carbocycles. The van der Waals surface area contributed by atoms with E-state index in [0.717, 1.165) is 11.3 Å². The number of rotatable bonds is 5. The van der Waals surface area contributed by atoms with E-state index in [9.17, 15) is 19.3 Å². The standard InChI is InChI=1S/C21H16FN5O4/c1-12-7-18(13-3-5-14(22)6-4-13)24-20-11-19(25-26(12)20)21(28)23-15-8-16(27(29)30)10-17(9-15)31-2/h3-11H,1-2H3,(H,23,28). The van der Waals surface area contributed by atoms with E-state index in [0.29, 0.717) is 11.3 Å². The summed E-state index contributed by atoms with van der Waals surface area (Å²) in [6.45, 7) is 1.81. The Labute approximate surface area is 175 Å². The van der Waals surface area contributed by atoms with Gasteiger partial charge >= 0.3 is 0 Å². The highest BCUT2D eigenvalue weighted by atomic mass is 19.1. The van der Waals surface area contributed by atoms with Crippen molar-refractivity contribution >= 4 is 22.9 Å². The number of methoxy groups -OCH3 is 1. The van der Waals surface area contributed by atoms with Crippen molar-refractivity contribution in [3.05, 3.63) is 81.9 Å². The molecule has 9 nitrogen and oxygen atoms in total. The van der Waals surface area contributed by atoms with Crippen molar-refractivity contribution in [1.29, 1.82) is 0 Å². The van der Waals surface area contributed by atoms with Crippen LogP contribution < -0.4 is 10.1 Å². The Morgan fingerprint density at radius 3 is 2.58 bits per heavy atom. The number of benzene rings is 2. The van der Waals surface area contributed by atoms with Crippen molar-refractivity contribution in [3.63, 3.8) is 0 Å². The molecule has 0 saturated heterocycles. The highest BCUT2D eigenvalue weighted by molar-refractivity contribution is 6.03. The topological polar surface area (TPSA) is 112 Å². The smallest absolute Gasteiger partial charge is 0.276 e. The first-order valence-corrected chi connectivity index (χ1v) is 9.12. The minimum Gasteiger partial charge on any atom is -0.496 e. The van der Waals surface area contributed by atoms with Gasteiger partial charge < -0.3 is 10.1 Å². The molecule has 0 aliphatic rings. The van der Waals surface area contributed by atoms with Crippen molar-refractivity contribution in [1.82, 2.24) is 14.6 Å². The van der Waals surface area contributed by atoms with E-state index in [1.54, 1.807) is 18.2 Å². The van der Waals surface area contributed by atoms with Gasteiger partial charge in [-0.05, 0) is 37.3 Å². The zero-order valence-corrected chi connectivity index (χ0v) is 16.5. The first-order valence-electron chi connectivity index (χ1n) is 9.12. The Balaban J connectivity index is 1.66. The van der Waals surface area contributed by atoms with Crippen LogP contribution in [0.5, 0.6) is 5.75 Å². The number of nitrogens with one attached hydrogen (secondary N) is 1. The van der Waals surface area contributed by atoms with Crippen LogP contribution in [-0.4, -0.2) is 32.5 Å². The van der Waals surface area contributed by atoms with Crippen molar-refractivity contribution in [2.45, 2.75) is 6.92 Å². The summed E-state index contributed by atoms with van der Waals surface area (Å²) in [6.07, 6.45) is 0. The third-order valence-electron chi connectivity index (χ3n) is 4.57. The maximum atomic E-state index is 13.2. The van der Waals surface area contributed by atoms with Crippen LogP contribution in [0.1, 0.15) is 16.2 Å². The molecule has 2 aromatic carbocycles. The van der Waals surface area contributed by atoms with E-state index in [1.165, 1.54) is 48.0 Å². The predicted molar refractivity (Wildman–Crippen MR) is 111 cm³/mol. The number of ether oxygens (including phenoxy) is 1. The van der Waals surface area contributed by atoms with Crippen LogP contribution in [-0.2, 0) is 0 Å². The first-order chi connectivity index (χ1) is 14.8. The minimum absolute atomic E-state index is 0.0809. The van der Waals surface area contributed by atoms with E-state index < -0.39 is 10.8 Å². The number of carbonyl (C=O) groups excluding carboxylic acids is 1. The molecule has 0 unspecified atom stereocenters. The van der Waals surface area contributed by atoms with Gasteiger partial charge in [0.05, 0.1) is 29.5 Å². The second-order valence-corrected chi connectivity index (χ2v) is 6.72. The van der Waals surface area contributed by atoms with Gasteiger partial charge in [0, 0.05) is 29.5 Å². The molecule has 0 bridgehead atoms. The number of amides is 1. The molecule has 10 heteroatoms. The van der Waals surface area contributed by atoms with Crippen LogP contribution in [0, 0.1) is 22.9 Å². The number of hydrogen-bond donors (Lipinski definition) is 1. The van der Waals surface area contributed by atoms with Crippen LogP contribution in [0.3, 0.4) is 0 Å². The number of hydrogen-bond acceptors (Lipinski definition) is 6. The van der Waals surface area contributed by atoms with Gasteiger partial charge in [0.25, 0.3) is 11.6 Å². The molecule has 31 heavy (non-hydrogen) atoms. The lowest BCUT2D eigenvalue weighted by atomic mass is 10.1. The number of anilines is 1. The summed E-state index contributed by atoms with van der Waals surface area (Å²) in [5.41, 5.74) is 2.55. The summed E-state index contributed by atoms with van der Waals surface area (Å²) in [6, 6.07) is 13.2. The van der Waals surface area contributed by atoms with Gasteiger partial charge in [0.15, 0.2) is 11.3 Å². The van der Waals surface area contributed by atoms with Crippen molar-refractivity contribution in [2.75, 3.05) is 12.4 Å². The molecule has 0 fully saturated rings. The quantitative estimate of drug-likeness (QED) is 0.385. The van der Waals surface area contributed by atoms with Gasteiger partial charge in [0.2, 0.25) is 0 Å². The maximum absolute atomic E-state index is 13.2. The molecule has 2 aromatic heterocycles. The molecule has 0 radical (unpaired) electrons. The van der Waals surface area contributed by atoms with E-state index in [4.69, 9.17) is 4.74 Å². The Hall–Kier alpha value is -4.34. The van der Waals surface area contributed by atoms with Gasteiger partial charge in [0.1, 0.15) is 11.6 Å². The number of nitro groups is 1. The zero-order chi connectivity index (χ0) is 22.1. The van der Waals surface area contributed by atoms with E-state index in [1.807, 2.05) is 6.92 Å². The minimum atomic E-state index is -0.576. The van der Waals surface area contributed by atoms with Crippen LogP contribution in [0.15, 0.2) is 54.6 Å². The second kappa shape index (κ2) is 7.82. The number of carbonyl (C=O) groups is 1. The van der Waals surface area contributed by atoms with Crippen LogP contribution in [0.4, 0.5) is 15.8 Å². The third kappa shape index (κ3) is 4.04. The molecular formula is C21H16FN5O4. The van der Waals surface area contributed by atoms with Crippen LogP contribution >= 0.6 is 0 Å². The molecular weight excluding hydrogens is 405 g/mol. The predicted octanol–water partition coefficient (Wildman–Crippen LogP) is 4.01. The van der Waals surface area contributed by atoms with Gasteiger partial charge in [-0.1, -0.05) is 0 Å². The number of nitrogens with zero attached hydrogens (tertiary/aromatic N) is 4. The summed E-state index contributed by atoms with van der Waals surface area (Å²) >= 11 is 0. The Morgan fingerprint density at radius 1 is 1.16 bits per heavy atom. The summed E-state index contributed by atoms with van der Waals surface area (Å²) in [5.74, 6) is -0.667. The number of fused-ring (bicyclic) bond motifs is 1. The van der Waals surface area contributed by atoms with E-state index in [2.05, 4.69) is 15.4 Å². The van der Waals surface area contributed by atoms with Crippen molar-refractivity contribution in [3.8, 4) is 17.0 Å². The third-order valence-corrected chi connectivity index (χ3v) is 4.57. The van der Waals surface area contributed by atoms with Crippen LogP contribution in [0.25, 0.3) is 16.9 Å². The highest BCUT2D eigenvalue weighted by Gasteiger charge is 2.17. The zero-order valence-electron chi connectivity index (χ0n) is 16.5. The monoisotopic (exact) mass is 421 g/mol. The number of aromatic nitrogens is 3. The SMILES string of the molecule is COc1cc(NC(=O)c2cc3nc(-c4ccc(F)cc4)cc(C)n3n2)cc([N+](=O)[O-])c1. The number of non-ortho nitro benzene ring substituents is 1. The second-order valence-electron chi connectivity index (χ2n) is 6.72. The van der Waals surface area contributed by atoms with Gasteiger partial charge in [-0.25, -0.2) is 13.9 Å².